The summed E-state index contributed by atoms with van der Waals surface area (Å²) in [6.07, 6.45) is 0. The molecule has 0 unspecified atom stereocenters. The minimum Gasteiger partial charge on any atom is -0.493 e. The number of amides is 2. The maximum atomic E-state index is 11.3. The van der Waals surface area contributed by atoms with Crippen LogP contribution in [0.1, 0.15) is 13.8 Å². The number of nitrogens with one attached hydrogen (secondary N) is 1. The number of aromatic nitrogens is 1. The van der Waals surface area contributed by atoms with Gasteiger partial charge >= 0.3 is 6.03 Å². The number of anilines is 2. The van der Waals surface area contributed by atoms with Crippen molar-refractivity contribution in [3.05, 3.63) is 53.2 Å². The fraction of sp³-hybridized carbons (Fsp3) is 0.211. The molecule has 4 rings (SSSR count). The Bertz CT molecular complexity index is 1110. The van der Waals surface area contributed by atoms with E-state index in [0.717, 1.165) is 23.1 Å². The Balaban J connectivity index is 1.82. The van der Waals surface area contributed by atoms with Gasteiger partial charge < -0.3 is 15.0 Å². The molecule has 3 aromatic rings. The number of carbonyl (C=O) groups excluding carboxylic acids is 1. The highest BCUT2D eigenvalue weighted by Gasteiger charge is 2.17. The molecule has 0 saturated carbocycles. The highest BCUT2D eigenvalue weighted by Crippen LogP contribution is 2.38. The summed E-state index contributed by atoms with van der Waals surface area (Å²) in [4.78, 5) is 19.0. The predicted octanol–water partition coefficient (Wildman–Crippen LogP) is 3.12. The quantitative estimate of drug-likeness (QED) is 0.769. The number of fused-ring (bicyclic) bond motifs is 2. The Morgan fingerprint density at radius 2 is 1.88 bits per heavy atom. The molecule has 2 amide bonds. The van der Waals surface area contributed by atoms with Gasteiger partial charge in [-0.15, -0.1) is 0 Å². The number of carbonyl (C=O) groups is 1. The molecule has 0 atom stereocenters. The summed E-state index contributed by atoms with van der Waals surface area (Å²) < 4.78 is 1.92. The van der Waals surface area contributed by atoms with E-state index in [1.807, 2.05) is 34.9 Å². The number of urea groups is 1. The van der Waals surface area contributed by atoms with E-state index >= 15 is 0 Å². The van der Waals surface area contributed by atoms with Crippen LogP contribution in [0.3, 0.4) is 0 Å². The summed E-state index contributed by atoms with van der Waals surface area (Å²) >= 11 is 0. The SMILES string of the molecule is CC(C)Cn1c(O)c(Nc2ccc3c(c2)=NC(=O)N=3)c2ccccc21. The molecule has 0 bridgehead atoms. The lowest BCUT2D eigenvalue weighted by molar-refractivity contribution is 0.256. The monoisotopic (exact) mass is 334 g/mol. The van der Waals surface area contributed by atoms with Crippen LogP contribution in [0.2, 0.25) is 0 Å². The van der Waals surface area contributed by atoms with Crippen molar-refractivity contribution in [3.8, 4) is 5.88 Å². The Kier molecular flexibility index (Phi) is 3.53. The number of para-hydroxylation sites is 1. The summed E-state index contributed by atoms with van der Waals surface area (Å²) in [6, 6.07) is 12.7. The van der Waals surface area contributed by atoms with Gasteiger partial charge in [-0.05, 0) is 30.2 Å². The van der Waals surface area contributed by atoms with Gasteiger partial charge in [-0.1, -0.05) is 32.0 Å². The Morgan fingerprint density at radius 1 is 1.12 bits per heavy atom. The molecular formula is C19H18N4O2. The predicted molar refractivity (Wildman–Crippen MR) is 95.9 cm³/mol. The number of benzene rings is 2. The number of aromatic hydroxyl groups is 1. The molecule has 1 aromatic heterocycles. The van der Waals surface area contributed by atoms with E-state index < -0.39 is 6.03 Å². The number of rotatable bonds is 4. The second kappa shape index (κ2) is 5.73. The fourth-order valence-electron chi connectivity index (χ4n) is 3.12. The molecule has 0 aliphatic carbocycles. The molecule has 1 aliphatic heterocycles. The second-order valence-corrected chi connectivity index (χ2v) is 6.55. The highest BCUT2D eigenvalue weighted by atomic mass is 16.3. The Hall–Kier alpha value is -3.15. The van der Waals surface area contributed by atoms with Gasteiger partial charge in [-0.25, -0.2) is 4.79 Å². The number of hydrogen-bond acceptors (Lipinski definition) is 3. The lowest BCUT2D eigenvalue weighted by Crippen LogP contribution is -2.21. The molecular weight excluding hydrogens is 316 g/mol. The molecule has 126 valence electrons. The van der Waals surface area contributed by atoms with Gasteiger partial charge in [-0.3, -0.25) is 0 Å². The average Bonchev–Trinajstić information content (AvgIpc) is 3.06. The molecule has 0 radical (unpaired) electrons. The van der Waals surface area contributed by atoms with E-state index in [-0.39, 0.29) is 5.88 Å². The first-order valence-corrected chi connectivity index (χ1v) is 8.21. The van der Waals surface area contributed by atoms with Gasteiger partial charge in [0, 0.05) is 17.6 Å². The third kappa shape index (κ3) is 2.65. The molecule has 25 heavy (non-hydrogen) atoms. The summed E-state index contributed by atoms with van der Waals surface area (Å²) in [6.45, 7) is 4.95. The van der Waals surface area contributed by atoms with Crippen LogP contribution in [0.25, 0.3) is 10.9 Å². The summed E-state index contributed by atoms with van der Waals surface area (Å²) in [5, 5.41) is 16.1. The first kappa shape index (κ1) is 15.4. The van der Waals surface area contributed by atoms with Crippen LogP contribution in [-0.4, -0.2) is 15.7 Å². The molecule has 6 heteroatoms. The minimum atomic E-state index is -0.483. The van der Waals surface area contributed by atoms with Crippen molar-refractivity contribution >= 4 is 28.3 Å². The van der Waals surface area contributed by atoms with Crippen LogP contribution in [0.15, 0.2) is 52.4 Å². The smallest absolute Gasteiger partial charge is 0.368 e. The first-order chi connectivity index (χ1) is 12.0. The third-order valence-electron chi connectivity index (χ3n) is 4.17. The molecule has 1 aliphatic rings. The van der Waals surface area contributed by atoms with Crippen LogP contribution in [-0.2, 0) is 6.54 Å². The lowest BCUT2D eigenvalue weighted by Gasteiger charge is -2.10. The minimum absolute atomic E-state index is 0.202. The molecule has 0 spiro atoms. The van der Waals surface area contributed by atoms with Gasteiger partial charge in [-0.2, -0.15) is 9.98 Å². The zero-order chi connectivity index (χ0) is 17.6. The normalized spacial score (nSPS) is 13.0. The summed E-state index contributed by atoms with van der Waals surface area (Å²) in [7, 11) is 0. The second-order valence-electron chi connectivity index (χ2n) is 6.55. The van der Waals surface area contributed by atoms with Gasteiger partial charge in [0.2, 0.25) is 5.88 Å². The maximum Gasteiger partial charge on any atom is 0.368 e. The van der Waals surface area contributed by atoms with Gasteiger partial charge in [0.25, 0.3) is 0 Å². The topological polar surface area (TPSA) is 79.0 Å². The third-order valence-corrected chi connectivity index (χ3v) is 4.17. The Morgan fingerprint density at radius 3 is 2.68 bits per heavy atom. The zero-order valence-corrected chi connectivity index (χ0v) is 14.0. The molecule has 6 nitrogen and oxygen atoms in total. The van der Waals surface area contributed by atoms with Gasteiger partial charge in [0.15, 0.2) is 0 Å². The van der Waals surface area contributed by atoms with Crippen LogP contribution in [0.4, 0.5) is 16.2 Å². The summed E-state index contributed by atoms with van der Waals surface area (Å²) in [5.74, 6) is 0.606. The van der Waals surface area contributed by atoms with Gasteiger partial charge in [0.1, 0.15) is 5.69 Å². The first-order valence-electron chi connectivity index (χ1n) is 8.21. The Labute approximate surface area is 144 Å². The van der Waals surface area contributed by atoms with Gasteiger partial charge in [0.05, 0.1) is 16.2 Å². The van der Waals surface area contributed by atoms with E-state index in [4.69, 9.17) is 0 Å². The molecule has 2 aromatic carbocycles. The van der Waals surface area contributed by atoms with Crippen LogP contribution < -0.4 is 16.0 Å². The van der Waals surface area contributed by atoms with Crippen LogP contribution in [0.5, 0.6) is 5.88 Å². The zero-order valence-electron chi connectivity index (χ0n) is 14.0. The van der Waals surface area contributed by atoms with Crippen molar-refractivity contribution in [1.82, 2.24) is 4.57 Å². The molecule has 0 saturated heterocycles. The van der Waals surface area contributed by atoms with E-state index in [2.05, 4.69) is 29.1 Å². The van der Waals surface area contributed by atoms with E-state index in [9.17, 15) is 9.90 Å². The maximum absolute atomic E-state index is 11.3. The lowest BCUT2D eigenvalue weighted by atomic mass is 10.2. The van der Waals surface area contributed by atoms with Crippen molar-refractivity contribution in [2.45, 2.75) is 20.4 Å². The van der Waals surface area contributed by atoms with E-state index in [1.54, 1.807) is 12.1 Å². The standard InChI is InChI=1S/C19H18N4O2/c1-11(2)10-23-16-6-4-3-5-13(16)17(18(23)24)20-12-7-8-14-15(9-12)22-19(25)21-14/h3-9,11,20,24H,10H2,1-2H3. The van der Waals surface area contributed by atoms with Crippen molar-refractivity contribution in [2.24, 2.45) is 15.9 Å². The summed E-state index contributed by atoms with van der Waals surface area (Å²) in [5.41, 5.74) is 2.37. The van der Waals surface area contributed by atoms with Crippen molar-refractivity contribution in [1.29, 1.82) is 0 Å². The van der Waals surface area contributed by atoms with Crippen molar-refractivity contribution in [3.63, 3.8) is 0 Å². The van der Waals surface area contributed by atoms with Crippen molar-refractivity contribution in [2.75, 3.05) is 5.32 Å². The molecule has 2 heterocycles. The van der Waals surface area contributed by atoms with E-state index in [0.29, 0.717) is 22.3 Å². The highest BCUT2D eigenvalue weighted by molar-refractivity contribution is 5.98. The van der Waals surface area contributed by atoms with Crippen LogP contribution in [0, 0.1) is 5.92 Å². The fourth-order valence-corrected chi connectivity index (χ4v) is 3.12. The van der Waals surface area contributed by atoms with Crippen molar-refractivity contribution < 1.29 is 9.90 Å². The van der Waals surface area contributed by atoms with Crippen LogP contribution >= 0.6 is 0 Å². The number of hydrogen-bond donors (Lipinski definition) is 2. The molecule has 2 N–H and O–H groups in total. The molecule has 0 fully saturated rings. The largest absolute Gasteiger partial charge is 0.493 e. The van der Waals surface area contributed by atoms with E-state index in [1.165, 1.54) is 0 Å². The average molecular weight is 334 g/mol. The number of nitrogens with zero attached hydrogens (tertiary/aromatic N) is 3.